The average Bonchev–Trinajstić information content (AvgIpc) is 3.65. The van der Waals surface area contributed by atoms with Crippen LogP contribution >= 0.6 is 0 Å². The first kappa shape index (κ1) is 31.6. The number of halogens is 3. The summed E-state index contributed by atoms with van der Waals surface area (Å²) in [4.78, 5) is 14.8. The second-order valence-corrected chi connectivity index (χ2v) is 13.0. The number of aromatic nitrogens is 2. The number of carbonyl (C=O) groups is 1. The third kappa shape index (κ3) is 5.72. The molecule has 1 N–H and O–H groups in total. The van der Waals surface area contributed by atoms with Crippen LogP contribution < -0.4 is 9.64 Å². The van der Waals surface area contributed by atoms with Crippen LogP contribution in [-0.4, -0.2) is 33.5 Å². The maximum Gasteiger partial charge on any atom is 0.337 e. The number of carboxylic acid groups (broad SMARTS) is 1. The Bertz CT molecular complexity index is 1860. The maximum atomic E-state index is 15.6. The highest BCUT2D eigenvalue weighted by molar-refractivity contribution is 5.86. The number of hydrogen-bond donors (Lipinski definition) is 1. The molecule has 0 unspecified atom stereocenters. The first-order valence-electron chi connectivity index (χ1n) is 15.2. The van der Waals surface area contributed by atoms with Crippen LogP contribution in [0.4, 0.5) is 19.2 Å². The van der Waals surface area contributed by atoms with Gasteiger partial charge in [-0.1, -0.05) is 11.2 Å². The zero-order valence-corrected chi connectivity index (χ0v) is 26.7. The Hall–Kier alpha value is -4.38. The van der Waals surface area contributed by atoms with Gasteiger partial charge in [0.25, 0.3) is 0 Å². The summed E-state index contributed by atoms with van der Waals surface area (Å²) < 4.78 is 60.6. The third-order valence-corrected chi connectivity index (χ3v) is 8.75. The summed E-state index contributed by atoms with van der Waals surface area (Å²) in [5.41, 5.74) is 6.42. The molecule has 0 amide bonds. The number of aliphatic carboxylic acids is 1. The van der Waals surface area contributed by atoms with Crippen molar-refractivity contribution in [3.8, 4) is 16.9 Å². The van der Waals surface area contributed by atoms with Gasteiger partial charge in [0.15, 0.2) is 29.3 Å². The van der Waals surface area contributed by atoms with Crippen LogP contribution in [0.15, 0.2) is 28.7 Å². The van der Waals surface area contributed by atoms with E-state index in [2.05, 4.69) is 10.2 Å². The summed E-state index contributed by atoms with van der Waals surface area (Å²) in [6, 6.07) is 5.29. The minimum atomic E-state index is -1.33. The molecular weight excluding hydrogens is 599 g/mol. The normalized spacial score (nSPS) is 15.0. The van der Waals surface area contributed by atoms with Gasteiger partial charge in [0.2, 0.25) is 5.89 Å². The Morgan fingerprint density at radius 1 is 0.978 bits per heavy atom. The number of fused-ring (bicyclic) bond motifs is 2. The fourth-order valence-corrected chi connectivity index (χ4v) is 6.60. The Morgan fingerprint density at radius 3 is 2.37 bits per heavy atom. The molecule has 8 nitrogen and oxygen atoms in total. The minimum Gasteiger partial charge on any atom is -0.490 e. The number of ether oxygens (including phenoxy) is 2. The number of rotatable bonds is 7. The molecule has 46 heavy (non-hydrogen) atoms. The van der Waals surface area contributed by atoms with Gasteiger partial charge in [0.05, 0.1) is 18.6 Å². The predicted molar refractivity (Wildman–Crippen MR) is 164 cm³/mol. The molecule has 2 aliphatic heterocycles. The summed E-state index contributed by atoms with van der Waals surface area (Å²) in [5.74, 6) is -3.03. The van der Waals surface area contributed by atoms with Gasteiger partial charge < -0.3 is 23.9 Å². The predicted octanol–water partition coefficient (Wildman–Crippen LogP) is 7.46. The van der Waals surface area contributed by atoms with Crippen molar-refractivity contribution in [1.29, 1.82) is 0 Å². The second kappa shape index (κ2) is 11.8. The van der Waals surface area contributed by atoms with Crippen molar-refractivity contribution in [2.75, 3.05) is 11.5 Å². The van der Waals surface area contributed by atoms with Gasteiger partial charge in [-0.25, -0.2) is 18.0 Å². The molecule has 11 heteroatoms. The van der Waals surface area contributed by atoms with E-state index in [0.29, 0.717) is 48.4 Å². The van der Waals surface area contributed by atoms with Gasteiger partial charge >= 0.3 is 12.0 Å². The van der Waals surface area contributed by atoms with E-state index in [4.69, 9.17) is 13.9 Å². The van der Waals surface area contributed by atoms with E-state index in [9.17, 15) is 18.7 Å². The minimum absolute atomic E-state index is 0.120. The number of carboxylic acids is 1. The van der Waals surface area contributed by atoms with Crippen molar-refractivity contribution in [3.05, 3.63) is 92.1 Å². The molecule has 1 atom stereocenters. The van der Waals surface area contributed by atoms with Crippen molar-refractivity contribution in [1.82, 2.24) is 10.2 Å². The van der Waals surface area contributed by atoms with E-state index in [1.165, 1.54) is 12.1 Å². The van der Waals surface area contributed by atoms with Crippen LogP contribution in [0.5, 0.6) is 5.75 Å². The van der Waals surface area contributed by atoms with Gasteiger partial charge in [-0.3, -0.25) is 0 Å². The van der Waals surface area contributed by atoms with Gasteiger partial charge in [-0.15, -0.1) is 5.10 Å². The van der Waals surface area contributed by atoms with Gasteiger partial charge in [0.1, 0.15) is 0 Å². The number of anilines is 1. The van der Waals surface area contributed by atoms with E-state index in [1.54, 1.807) is 20.8 Å². The highest BCUT2D eigenvalue weighted by atomic mass is 19.2. The lowest BCUT2D eigenvalue weighted by molar-refractivity contribution is -0.160. The number of benzene rings is 3. The lowest BCUT2D eigenvalue weighted by Crippen LogP contribution is -2.29. The zero-order chi connectivity index (χ0) is 33.1. The molecule has 3 heterocycles. The average molecular weight is 636 g/mol. The maximum absolute atomic E-state index is 15.6. The zero-order valence-electron chi connectivity index (χ0n) is 26.7. The van der Waals surface area contributed by atoms with Crippen LogP contribution in [0.2, 0.25) is 0 Å². The highest BCUT2D eigenvalue weighted by Gasteiger charge is 2.37. The quantitative estimate of drug-likeness (QED) is 0.224. The fraction of sp³-hybridized carbons (Fsp3) is 0.400. The Kier molecular flexibility index (Phi) is 8.08. The number of hydrogen-bond acceptors (Lipinski definition) is 7. The Labute approximate surface area is 265 Å². The highest BCUT2D eigenvalue weighted by Crippen LogP contribution is 2.47. The lowest BCUT2D eigenvalue weighted by Gasteiger charge is -2.31. The fourth-order valence-electron chi connectivity index (χ4n) is 6.60. The number of nitrogens with zero attached hydrogens (tertiary/aromatic N) is 3. The topological polar surface area (TPSA) is 97.9 Å². The molecule has 0 spiro atoms. The summed E-state index contributed by atoms with van der Waals surface area (Å²) in [5, 5.41) is 18.9. The molecule has 0 saturated carbocycles. The van der Waals surface area contributed by atoms with Crippen molar-refractivity contribution in [3.63, 3.8) is 0 Å². The van der Waals surface area contributed by atoms with Gasteiger partial charge in [-0.2, -0.15) is 0 Å². The van der Waals surface area contributed by atoms with Crippen molar-refractivity contribution < 1.29 is 37.0 Å². The SMILES string of the molecule is Cc1c(-c2c(C)c3c(c(C)c2[C@H](OC(C)(C)C)C(=O)O)CN(c2nnc(Cc4ccc(F)c(F)c4)o2)C3)cc(F)c2c1CCCO2. The Morgan fingerprint density at radius 2 is 1.70 bits per heavy atom. The molecule has 242 valence electrons. The van der Waals surface area contributed by atoms with E-state index in [-0.39, 0.29) is 24.1 Å². The first-order valence-corrected chi connectivity index (χ1v) is 15.2. The van der Waals surface area contributed by atoms with Gasteiger partial charge in [0, 0.05) is 24.2 Å². The third-order valence-electron chi connectivity index (χ3n) is 8.75. The van der Waals surface area contributed by atoms with Crippen LogP contribution in [0.3, 0.4) is 0 Å². The molecule has 0 radical (unpaired) electrons. The molecule has 0 saturated heterocycles. The molecule has 0 fully saturated rings. The summed E-state index contributed by atoms with van der Waals surface area (Å²) in [7, 11) is 0. The van der Waals surface area contributed by atoms with Crippen LogP contribution in [0.25, 0.3) is 11.1 Å². The molecule has 2 aliphatic rings. The van der Waals surface area contributed by atoms with Crippen molar-refractivity contribution in [2.45, 2.75) is 85.6 Å². The van der Waals surface area contributed by atoms with E-state index in [1.807, 2.05) is 25.7 Å². The first-order chi connectivity index (χ1) is 21.7. The van der Waals surface area contributed by atoms with Crippen LogP contribution in [-0.2, 0) is 35.5 Å². The van der Waals surface area contributed by atoms with E-state index < -0.39 is 35.1 Å². The van der Waals surface area contributed by atoms with Crippen LogP contribution in [0.1, 0.15) is 83.7 Å². The molecule has 4 aromatic rings. The van der Waals surface area contributed by atoms with E-state index >= 15 is 4.39 Å². The van der Waals surface area contributed by atoms with Crippen LogP contribution in [0, 0.1) is 38.2 Å². The molecule has 3 aromatic carbocycles. The Balaban J connectivity index is 1.46. The summed E-state index contributed by atoms with van der Waals surface area (Å²) >= 11 is 0. The van der Waals surface area contributed by atoms with Gasteiger partial charge in [-0.05, 0) is 117 Å². The molecule has 0 aliphatic carbocycles. The van der Waals surface area contributed by atoms with E-state index in [0.717, 1.165) is 51.9 Å². The molecule has 0 bridgehead atoms. The lowest BCUT2D eigenvalue weighted by atomic mass is 9.81. The monoisotopic (exact) mass is 635 g/mol. The van der Waals surface area contributed by atoms with Crippen molar-refractivity contribution >= 4 is 12.0 Å². The largest absolute Gasteiger partial charge is 0.490 e. The summed E-state index contributed by atoms with van der Waals surface area (Å²) in [6.45, 7) is 12.3. The van der Waals surface area contributed by atoms with Crippen molar-refractivity contribution in [2.24, 2.45) is 0 Å². The summed E-state index contributed by atoms with van der Waals surface area (Å²) in [6.07, 6.45) is 0.208. The molecule has 1 aromatic heterocycles. The molecule has 6 rings (SSSR count). The smallest absolute Gasteiger partial charge is 0.337 e. The second-order valence-electron chi connectivity index (χ2n) is 13.0. The molecular formula is C35H36F3N3O5. The standard InChI is InChI=1S/C35H36F3N3O5/c1-17-21-8-7-11-44-31(21)27(38)14-22(17)29-18(2)23-15-41(16-24(23)19(3)30(29)32(33(42)43)46-35(4,5)6)34-40-39-28(45-34)13-20-9-10-25(36)26(37)12-20/h9-10,12,14,32H,7-8,11,13,15-16H2,1-6H3,(H,42,43)/t32-/m0/s1.